The fourth-order valence-electron chi connectivity index (χ4n) is 2.73. The van der Waals surface area contributed by atoms with E-state index in [9.17, 15) is 4.39 Å². The first-order chi connectivity index (χ1) is 11.3. The molecule has 0 radical (unpaired) electrons. The average Bonchev–Trinajstić information content (AvgIpc) is 3.00. The number of rotatable bonds is 3. The Morgan fingerprint density at radius 1 is 1.09 bits per heavy atom. The molecule has 4 rings (SSSR count). The minimum atomic E-state index is -0.265. The molecule has 0 amide bonds. The molecule has 0 saturated heterocycles. The van der Waals surface area contributed by atoms with Gasteiger partial charge >= 0.3 is 0 Å². The Kier molecular flexibility index (Phi) is 3.19. The second-order valence-corrected chi connectivity index (χ2v) is 5.24. The van der Waals surface area contributed by atoms with Crippen LogP contribution >= 0.6 is 0 Å². The summed E-state index contributed by atoms with van der Waals surface area (Å²) in [6.45, 7) is 2.56. The van der Waals surface area contributed by atoms with Crippen LogP contribution in [0.4, 0.5) is 4.39 Å². The highest BCUT2D eigenvalue weighted by atomic mass is 19.1. The van der Waals surface area contributed by atoms with Crippen molar-refractivity contribution in [1.82, 2.24) is 15.2 Å². The fraction of sp³-hybridized carbons (Fsp3) is 0.111. The van der Waals surface area contributed by atoms with Crippen molar-refractivity contribution >= 4 is 21.8 Å². The highest BCUT2D eigenvalue weighted by molar-refractivity contribution is 6.07. The predicted molar refractivity (Wildman–Crippen MR) is 88.0 cm³/mol. The molecule has 1 N–H and O–H groups in total. The first-order valence-electron chi connectivity index (χ1n) is 7.42. The Balaban J connectivity index is 1.93. The Morgan fingerprint density at radius 2 is 1.91 bits per heavy atom. The van der Waals surface area contributed by atoms with Gasteiger partial charge in [0.2, 0.25) is 0 Å². The summed E-state index contributed by atoms with van der Waals surface area (Å²) < 4.78 is 18.7. The van der Waals surface area contributed by atoms with Gasteiger partial charge in [-0.2, -0.15) is 5.10 Å². The molecule has 2 heterocycles. The molecule has 0 spiro atoms. The van der Waals surface area contributed by atoms with Gasteiger partial charge in [0.05, 0.1) is 17.6 Å². The summed E-state index contributed by atoms with van der Waals surface area (Å²) in [5.74, 6) is 0.533. The second kappa shape index (κ2) is 5.35. The van der Waals surface area contributed by atoms with Crippen LogP contribution in [-0.2, 0) is 0 Å². The van der Waals surface area contributed by atoms with Crippen LogP contribution in [0.5, 0.6) is 5.75 Å². The molecule has 0 aliphatic rings. The largest absolute Gasteiger partial charge is 0.494 e. The molecule has 4 aromatic rings. The molecule has 2 aromatic carbocycles. The van der Waals surface area contributed by atoms with Gasteiger partial charge in [-0.05, 0) is 49.4 Å². The Labute approximate surface area is 131 Å². The molecule has 0 aliphatic heterocycles. The number of benzene rings is 2. The second-order valence-electron chi connectivity index (χ2n) is 5.24. The Bertz CT molecular complexity index is 992. The predicted octanol–water partition coefficient (Wildman–Crippen LogP) is 4.32. The number of fused-ring (bicyclic) bond motifs is 3. The van der Waals surface area contributed by atoms with Gasteiger partial charge in [-0.3, -0.25) is 10.1 Å². The Morgan fingerprint density at radius 3 is 2.70 bits per heavy atom. The number of hydrogen-bond donors (Lipinski definition) is 1. The minimum absolute atomic E-state index is 0.265. The standard InChI is InChI=1S/C18H14FN3O/c1-2-23-13-7-8-16-14(9-13)18-15(10-20-16)17(21-22-18)11-3-5-12(19)6-4-11/h3-10H,2H2,1H3,(H,21,22). The van der Waals surface area contributed by atoms with Gasteiger partial charge in [0.1, 0.15) is 17.3 Å². The smallest absolute Gasteiger partial charge is 0.123 e. The molecular formula is C18H14FN3O. The zero-order valence-corrected chi connectivity index (χ0v) is 12.5. The lowest BCUT2D eigenvalue weighted by Gasteiger charge is -2.05. The van der Waals surface area contributed by atoms with Crippen molar-refractivity contribution in [2.24, 2.45) is 0 Å². The summed E-state index contributed by atoms with van der Waals surface area (Å²) in [7, 11) is 0. The lowest BCUT2D eigenvalue weighted by atomic mass is 10.1. The number of nitrogens with one attached hydrogen (secondary N) is 1. The van der Waals surface area contributed by atoms with E-state index in [2.05, 4.69) is 15.2 Å². The van der Waals surface area contributed by atoms with Crippen LogP contribution in [0.3, 0.4) is 0 Å². The van der Waals surface area contributed by atoms with Crippen molar-refractivity contribution in [2.75, 3.05) is 6.61 Å². The van der Waals surface area contributed by atoms with Crippen LogP contribution in [0.2, 0.25) is 0 Å². The third kappa shape index (κ3) is 2.30. The number of hydrogen-bond acceptors (Lipinski definition) is 3. The van der Waals surface area contributed by atoms with Crippen molar-refractivity contribution in [3.63, 3.8) is 0 Å². The summed E-state index contributed by atoms with van der Waals surface area (Å²) in [6.07, 6.45) is 1.79. The third-order valence-electron chi connectivity index (χ3n) is 3.80. The van der Waals surface area contributed by atoms with E-state index >= 15 is 0 Å². The van der Waals surface area contributed by atoms with Crippen LogP contribution in [0.15, 0.2) is 48.7 Å². The van der Waals surface area contributed by atoms with Gasteiger partial charge in [-0.15, -0.1) is 0 Å². The van der Waals surface area contributed by atoms with Gasteiger partial charge in [0, 0.05) is 22.5 Å². The zero-order valence-electron chi connectivity index (χ0n) is 12.5. The van der Waals surface area contributed by atoms with E-state index in [1.165, 1.54) is 12.1 Å². The third-order valence-corrected chi connectivity index (χ3v) is 3.80. The first kappa shape index (κ1) is 13.7. The van der Waals surface area contributed by atoms with Crippen LogP contribution in [0.1, 0.15) is 6.92 Å². The molecule has 0 bridgehead atoms. The summed E-state index contributed by atoms with van der Waals surface area (Å²) in [4.78, 5) is 4.50. The van der Waals surface area contributed by atoms with E-state index in [0.717, 1.165) is 38.8 Å². The number of halogens is 1. The molecule has 0 saturated carbocycles. The zero-order chi connectivity index (χ0) is 15.8. The topological polar surface area (TPSA) is 50.8 Å². The lowest BCUT2D eigenvalue weighted by molar-refractivity contribution is 0.341. The molecule has 0 aliphatic carbocycles. The van der Waals surface area contributed by atoms with Crippen molar-refractivity contribution in [1.29, 1.82) is 0 Å². The van der Waals surface area contributed by atoms with E-state index < -0.39 is 0 Å². The molecule has 4 nitrogen and oxygen atoms in total. The van der Waals surface area contributed by atoms with Crippen LogP contribution < -0.4 is 4.74 Å². The van der Waals surface area contributed by atoms with Gasteiger partial charge < -0.3 is 4.74 Å². The van der Waals surface area contributed by atoms with E-state index in [0.29, 0.717) is 6.61 Å². The highest BCUT2D eigenvalue weighted by Gasteiger charge is 2.12. The molecule has 0 fully saturated rings. The first-order valence-corrected chi connectivity index (χ1v) is 7.42. The maximum absolute atomic E-state index is 13.1. The average molecular weight is 307 g/mol. The summed E-state index contributed by atoms with van der Waals surface area (Å²) in [6, 6.07) is 12.1. The van der Waals surface area contributed by atoms with Crippen LogP contribution in [0.25, 0.3) is 33.1 Å². The van der Waals surface area contributed by atoms with Crippen molar-refractivity contribution < 1.29 is 9.13 Å². The number of aromatic amines is 1. The quantitative estimate of drug-likeness (QED) is 0.613. The van der Waals surface area contributed by atoms with Crippen LogP contribution in [-0.4, -0.2) is 21.8 Å². The number of pyridine rings is 1. The van der Waals surface area contributed by atoms with Gasteiger partial charge in [0.15, 0.2) is 0 Å². The van der Waals surface area contributed by atoms with Crippen LogP contribution in [0, 0.1) is 5.82 Å². The van der Waals surface area contributed by atoms with Crippen molar-refractivity contribution in [2.45, 2.75) is 6.92 Å². The van der Waals surface area contributed by atoms with Gasteiger partial charge in [0.25, 0.3) is 0 Å². The molecule has 114 valence electrons. The number of aromatic nitrogens is 3. The summed E-state index contributed by atoms with van der Waals surface area (Å²) >= 11 is 0. The van der Waals surface area contributed by atoms with Crippen molar-refractivity contribution in [3.05, 3.63) is 54.5 Å². The van der Waals surface area contributed by atoms with Gasteiger partial charge in [-0.1, -0.05) is 0 Å². The lowest BCUT2D eigenvalue weighted by Crippen LogP contribution is -1.91. The molecule has 0 atom stereocenters. The molecule has 5 heteroatoms. The maximum atomic E-state index is 13.1. The summed E-state index contributed by atoms with van der Waals surface area (Å²) in [5.41, 5.74) is 3.38. The maximum Gasteiger partial charge on any atom is 0.123 e. The van der Waals surface area contributed by atoms with E-state index in [-0.39, 0.29) is 5.82 Å². The van der Waals surface area contributed by atoms with Gasteiger partial charge in [-0.25, -0.2) is 4.39 Å². The minimum Gasteiger partial charge on any atom is -0.494 e. The Hall–Kier alpha value is -2.95. The monoisotopic (exact) mass is 307 g/mol. The summed E-state index contributed by atoms with van der Waals surface area (Å²) in [5, 5.41) is 9.32. The molecular weight excluding hydrogens is 293 g/mol. The molecule has 0 unspecified atom stereocenters. The fourth-order valence-corrected chi connectivity index (χ4v) is 2.73. The molecule has 2 aromatic heterocycles. The number of nitrogens with zero attached hydrogens (tertiary/aromatic N) is 2. The van der Waals surface area contributed by atoms with Crippen molar-refractivity contribution in [3.8, 4) is 17.0 Å². The van der Waals surface area contributed by atoms with E-state index in [1.807, 2.05) is 25.1 Å². The molecule has 23 heavy (non-hydrogen) atoms. The number of ether oxygens (including phenoxy) is 1. The highest BCUT2D eigenvalue weighted by Crippen LogP contribution is 2.31. The van der Waals surface area contributed by atoms with E-state index in [1.54, 1.807) is 18.3 Å². The van der Waals surface area contributed by atoms with E-state index in [4.69, 9.17) is 4.74 Å². The SMILES string of the molecule is CCOc1ccc2ncc3c(-c4ccc(F)cc4)n[nH]c3c2c1. The normalized spacial score (nSPS) is 11.2. The number of H-pyrrole nitrogens is 1.